The van der Waals surface area contributed by atoms with E-state index in [0.29, 0.717) is 5.56 Å². The van der Waals surface area contributed by atoms with E-state index in [1.807, 2.05) is 24.3 Å². The molecule has 22 heavy (non-hydrogen) atoms. The maximum Gasteiger partial charge on any atom is 0.336 e. The number of hydrogen-bond acceptors (Lipinski definition) is 5. The molecule has 0 saturated heterocycles. The maximum absolute atomic E-state index is 11.2. The van der Waals surface area contributed by atoms with E-state index in [1.54, 1.807) is 36.3 Å². The summed E-state index contributed by atoms with van der Waals surface area (Å²) in [6, 6.07) is 14.6. The van der Waals surface area contributed by atoms with Gasteiger partial charge in [0.25, 0.3) is 0 Å². The molecule has 0 aliphatic carbocycles. The van der Waals surface area contributed by atoms with E-state index in [1.165, 1.54) is 17.6 Å². The van der Waals surface area contributed by atoms with Crippen molar-refractivity contribution in [2.24, 2.45) is 5.10 Å². The molecule has 0 aliphatic heterocycles. The summed E-state index contributed by atoms with van der Waals surface area (Å²) < 4.78 is 1.09. The van der Waals surface area contributed by atoms with Gasteiger partial charge in [-0.05, 0) is 18.2 Å². The van der Waals surface area contributed by atoms with E-state index >= 15 is 0 Å². The van der Waals surface area contributed by atoms with Crippen molar-refractivity contribution in [3.63, 3.8) is 0 Å². The third-order valence-electron chi connectivity index (χ3n) is 3.12. The molecule has 0 amide bonds. The minimum atomic E-state index is -0.968. The number of fused-ring (bicyclic) bond motifs is 1. The predicted molar refractivity (Wildman–Crippen MR) is 89.0 cm³/mol. The molecule has 1 N–H and O–H groups in total. The SMILES string of the molecule is CN(/N=C/c1ccccc1C(=O)O)c1nc2ccccc2s1. The minimum Gasteiger partial charge on any atom is -0.478 e. The summed E-state index contributed by atoms with van der Waals surface area (Å²) in [5.41, 5.74) is 1.71. The second-order valence-corrected chi connectivity index (χ2v) is 5.63. The van der Waals surface area contributed by atoms with Crippen molar-refractivity contribution in [3.05, 3.63) is 59.7 Å². The molecule has 3 rings (SSSR count). The van der Waals surface area contributed by atoms with Gasteiger partial charge in [-0.1, -0.05) is 41.7 Å². The van der Waals surface area contributed by atoms with Crippen LogP contribution < -0.4 is 5.01 Å². The number of carboxylic acid groups (broad SMARTS) is 1. The van der Waals surface area contributed by atoms with Gasteiger partial charge in [-0.15, -0.1) is 0 Å². The van der Waals surface area contributed by atoms with Crippen LogP contribution in [-0.2, 0) is 0 Å². The van der Waals surface area contributed by atoms with Gasteiger partial charge in [0.1, 0.15) is 0 Å². The van der Waals surface area contributed by atoms with E-state index in [4.69, 9.17) is 5.11 Å². The third kappa shape index (κ3) is 2.82. The lowest BCUT2D eigenvalue weighted by atomic mass is 10.1. The van der Waals surface area contributed by atoms with Crippen molar-refractivity contribution in [1.82, 2.24) is 4.98 Å². The van der Waals surface area contributed by atoms with Crippen LogP contribution in [0.1, 0.15) is 15.9 Å². The number of nitrogens with zero attached hydrogens (tertiary/aromatic N) is 3. The Balaban J connectivity index is 1.87. The fraction of sp³-hybridized carbons (Fsp3) is 0.0625. The van der Waals surface area contributed by atoms with Gasteiger partial charge in [-0.25, -0.2) is 14.8 Å². The van der Waals surface area contributed by atoms with Crippen molar-refractivity contribution in [2.45, 2.75) is 0 Å². The number of carbonyl (C=O) groups is 1. The van der Waals surface area contributed by atoms with Crippen molar-refractivity contribution in [2.75, 3.05) is 12.1 Å². The van der Waals surface area contributed by atoms with Gasteiger partial charge >= 0.3 is 5.97 Å². The van der Waals surface area contributed by atoms with Crippen molar-refractivity contribution in [1.29, 1.82) is 0 Å². The minimum absolute atomic E-state index is 0.226. The summed E-state index contributed by atoms with van der Waals surface area (Å²) >= 11 is 1.54. The van der Waals surface area contributed by atoms with Gasteiger partial charge in [0.2, 0.25) is 5.13 Å². The normalized spacial score (nSPS) is 11.1. The Bertz CT molecular complexity index is 824. The molecule has 0 fully saturated rings. The predicted octanol–water partition coefficient (Wildman–Crippen LogP) is 3.46. The number of aromatic nitrogens is 1. The number of carboxylic acids is 1. The number of benzene rings is 2. The molecule has 2 aromatic carbocycles. The molecule has 0 aliphatic rings. The first-order valence-electron chi connectivity index (χ1n) is 6.61. The third-order valence-corrected chi connectivity index (χ3v) is 4.22. The lowest BCUT2D eigenvalue weighted by Crippen LogP contribution is -2.09. The molecule has 0 atom stereocenters. The van der Waals surface area contributed by atoms with Crippen LogP contribution in [0.2, 0.25) is 0 Å². The smallest absolute Gasteiger partial charge is 0.336 e. The van der Waals surface area contributed by atoms with Crippen molar-refractivity contribution >= 4 is 38.9 Å². The highest BCUT2D eigenvalue weighted by atomic mass is 32.1. The number of rotatable bonds is 4. The zero-order chi connectivity index (χ0) is 15.5. The van der Waals surface area contributed by atoms with Crippen molar-refractivity contribution in [3.8, 4) is 0 Å². The summed E-state index contributed by atoms with van der Waals surface area (Å²) in [5, 5.41) is 15.9. The highest BCUT2D eigenvalue weighted by molar-refractivity contribution is 7.22. The second kappa shape index (κ2) is 5.95. The van der Waals surface area contributed by atoms with Crippen molar-refractivity contribution < 1.29 is 9.90 Å². The lowest BCUT2D eigenvalue weighted by molar-refractivity contribution is 0.0697. The zero-order valence-corrected chi connectivity index (χ0v) is 12.6. The average molecular weight is 311 g/mol. The quantitative estimate of drug-likeness (QED) is 0.592. The molecule has 1 aromatic heterocycles. The van der Waals surface area contributed by atoms with E-state index in [9.17, 15) is 4.79 Å². The first-order chi connectivity index (χ1) is 10.6. The topological polar surface area (TPSA) is 65.8 Å². The fourth-order valence-corrected chi connectivity index (χ4v) is 2.89. The first-order valence-corrected chi connectivity index (χ1v) is 7.42. The Kier molecular flexibility index (Phi) is 3.84. The molecule has 110 valence electrons. The number of para-hydroxylation sites is 1. The Hall–Kier alpha value is -2.73. The average Bonchev–Trinajstić information content (AvgIpc) is 2.97. The van der Waals surface area contributed by atoms with Gasteiger partial charge in [-0.2, -0.15) is 5.10 Å². The van der Waals surface area contributed by atoms with Gasteiger partial charge in [0.05, 0.1) is 22.0 Å². The molecule has 0 bridgehead atoms. The molecular formula is C16H13N3O2S. The maximum atomic E-state index is 11.2. The van der Waals surface area contributed by atoms with E-state index in [2.05, 4.69) is 10.1 Å². The van der Waals surface area contributed by atoms with Gasteiger partial charge in [0, 0.05) is 12.6 Å². The number of thiazole rings is 1. The molecule has 0 radical (unpaired) electrons. The monoisotopic (exact) mass is 311 g/mol. The number of anilines is 1. The van der Waals surface area contributed by atoms with Crippen LogP contribution in [0.25, 0.3) is 10.2 Å². The number of aromatic carboxylic acids is 1. The highest BCUT2D eigenvalue weighted by Crippen LogP contribution is 2.27. The van der Waals surface area contributed by atoms with Gasteiger partial charge in [0.15, 0.2) is 0 Å². The van der Waals surface area contributed by atoms with Crippen LogP contribution in [0.15, 0.2) is 53.6 Å². The van der Waals surface area contributed by atoms with E-state index in [-0.39, 0.29) is 5.56 Å². The summed E-state index contributed by atoms with van der Waals surface area (Å²) in [4.78, 5) is 15.7. The highest BCUT2D eigenvalue weighted by Gasteiger charge is 2.09. The molecule has 5 nitrogen and oxygen atoms in total. The lowest BCUT2D eigenvalue weighted by Gasteiger charge is -2.08. The summed E-state index contributed by atoms with van der Waals surface area (Å²) in [7, 11) is 1.79. The Labute approximate surface area is 131 Å². The first kappa shape index (κ1) is 14.2. The van der Waals surface area contributed by atoms with Crippen LogP contribution in [-0.4, -0.2) is 29.3 Å². The van der Waals surface area contributed by atoms with E-state index < -0.39 is 5.97 Å². The van der Waals surface area contributed by atoms with Crippen LogP contribution in [0.3, 0.4) is 0 Å². The standard InChI is InChI=1S/C16H13N3O2S/c1-19(16-18-13-8-4-5-9-14(13)22-16)17-10-11-6-2-3-7-12(11)15(20)21/h2-10H,1H3,(H,20,21)/b17-10+. The Morgan fingerprint density at radius 1 is 1.23 bits per heavy atom. The molecule has 3 aromatic rings. The zero-order valence-electron chi connectivity index (χ0n) is 11.8. The molecule has 0 unspecified atom stereocenters. The molecule has 0 spiro atoms. The Morgan fingerprint density at radius 2 is 1.95 bits per heavy atom. The van der Waals surface area contributed by atoms with E-state index in [0.717, 1.165) is 15.3 Å². The van der Waals surface area contributed by atoms with Gasteiger partial charge in [-0.3, -0.25) is 0 Å². The van der Waals surface area contributed by atoms with Crippen LogP contribution in [0.5, 0.6) is 0 Å². The molecule has 0 saturated carbocycles. The number of hydrogen-bond donors (Lipinski definition) is 1. The summed E-state index contributed by atoms with van der Waals surface area (Å²) in [6.07, 6.45) is 1.54. The van der Waals surface area contributed by atoms with Crippen LogP contribution in [0.4, 0.5) is 5.13 Å². The molecule has 1 heterocycles. The summed E-state index contributed by atoms with van der Waals surface area (Å²) in [5.74, 6) is -0.968. The summed E-state index contributed by atoms with van der Waals surface area (Å²) in [6.45, 7) is 0. The fourth-order valence-electron chi connectivity index (χ4n) is 2.00. The largest absolute Gasteiger partial charge is 0.478 e. The molecule has 6 heteroatoms. The second-order valence-electron chi connectivity index (χ2n) is 4.62. The molecular weight excluding hydrogens is 298 g/mol. The number of hydrazone groups is 1. The van der Waals surface area contributed by atoms with Gasteiger partial charge < -0.3 is 5.11 Å². The van der Waals surface area contributed by atoms with Crippen LogP contribution >= 0.6 is 11.3 Å². The Morgan fingerprint density at radius 3 is 2.73 bits per heavy atom. The van der Waals surface area contributed by atoms with Crippen LogP contribution in [0, 0.1) is 0 Å².